The number of fused-ring (bicyclic) bond motifs is 1. The summed E-state index contributed by atoms with van der Waals surface area (Å²) in [6, 6.07) is 0. The number of carbonyl (C=O) groups is 2. The van der Waals surface area contributed by atoms with Crippen LogP contribution in [0.4, 0.5) is 5.13 Å². The molecule has 0 aromatic carbocycles. The zero-order valence-electron chi connectivity index (χ0n) is 11.4. The second kappa shape index (κ2) is 6.69. The van der Waals surface area contributed by atoms with Crippen LogP contribution in [0.15, 0.2) is 0 Å². The maximum Gasteiger partial charge on any atom is 0.312 e. The quantitative estimate of drug-likeness (QED) is 0.711. The van der Waals surface area contributed by atoms with E-state index in [4.69, 9.17) is 5.11 Å². The number of aromatic nitrogens is 1. The lowest BCUT2D eigenvalue weighted by Gasteiger charge is -2.05. The van der Waals surface area contributed by atoms with Crippen molar-refractivity contribution in [3.8, 4) is 0 Å². The number of anilines is 1. The number of rotatable bonds is 7. The standard InChI is InChI=1S/C13H19N3O3S/c1-2-6-14-10(17)5-7-15-13-16-11-8(12(18)19)3-4-9(11)20-13/h8H,2-7H2,1H3,(H,14,17)(H,15,16)(H,18,19). The largest absolute Gasteiger partial charge is 0.481 e. The Bertz CT molecular complexity index is 501. The minimum atomic E-state index is -0.806. The van der Waals surface area contributed by atoms with Crippen molar-refractivity contribution >= 4 is 28.3 Å². The molecule has 1 heterocycles. The number of hydrogen-bond donors (Lipinski definition) is 3. The van der Waals surface area contributed by atoms with Crippen molar-refractivity contribution in [1.29, 1.82) is 0 Å². The van der Waals surface area contributed by atoms with Crippen LogP contribution in [-0.4, -0.2) is 35.1 Å². The molecule has 0 saturated heterocycles. The van der Waals surface area contributed by atoms with Gasteiger partial charge in [0.2, 0.25) is 5.91 Å². The number of aliphatic carboxylic acids is 1. The minimum absolute atomic E-state index is 0.0202. The first-order valence-corrected chi connectivity index (χ1v) is 7.66. The number of carboxylic acids is 1. The highest BCUT2D eigenvalue weighted by Crippen LogP contribution is 2.38. The lowest BCUT2D eigenvalue weighted by molar-refractivity contribution is -0.138. The topological polar surface area (TPSA) is 91.3 Å². The normalized spacial score (nSPS) is 16.8. The van der Waals surface area contributed by atoms with E-state index in [2.05, 4.69) is 15.6 Å². The van der Waals surface area contributed by atoms with Gasteiger partial charge in [-0.1, -0.05) is 6.92 Å². The Morgan fingerprint density at radius 2 is 2.25 bits per heavy atom. The van der Waals surface area contributed by atoms with Crippen LogP contribution >= 0.6 is 11.3 Å². The van der Waals surface area contributed by atoms with Crippen LogP contribution in [0.2, 0.25) is 0 Å². The summed E-state index contributed by atoms with van der Waals surface area (Å²) in [6.45, 7) is 3.22. The van der Waals surface area contributed by atoms with Crippen LogP contribution in [0.25, 0.3) is 0 Å². The van der Waals surface area contributed by atoms with E-state index in [9.17, 15) is 9.59 Å². The third-order valence-electron chi connectivity index (χ3n) is 3.22. The molecule has 1 aliphatic carbocycles. The second-order valence-electron chi connectivity index (χ2n) is 4.78. The molecule has 3 N–H and O–H groups in total. The van der Waals surface area contributed by atoms with Gasteiger partial charge in [-0.2, -0.15) is 0 Å². The number of amides is 1. The number of carboxylic acid groups (broad SMARTS) is 1. The van der Waals surface area contributed by atoms with Gasteiger partial charge in [0.05, 0.1) is 5.69 Å². The van der Waals surface area contributed by atoms with Crippen molar-refractivity contribution in [3.05, 3.63) is 10.6 Å². The molecule has 0 fully saturated rings. The van der Waals surface area contributed by atoms with Gasteiger partial charge in [0.1, 0.15) is 5.92 Å². The maximum absolute atomic E-state index is 11.4. The number of carbonyl (C=O) groups excluding carboxylic acids is 1. The molecule has 110 valence electrons. The van der Waals surface area contributed by atoms with Gasteiger partial charge in [-0.15, -0.1) is 11.3 Å². The molecule has 1 aromatic heterocycles. The third-order valence-corrected chi connectivity index (χ3v) is 4.30. The Kier molecular flexibility index (Phi) is 4.94. The van der Waals surface area contributed by atoms with Crippen molar-refractivity contribution in [2.45, 2.75) is 38.5 Å². The van der Waals surface area contributed by atoms with Gasteiger partial charge in [-0.05, 0) is 19.3 Å². The number of nitrogens with one attached hydrogen (secondary N) is 2. The molecule has 0 bridgehead atoms. The molecule has 0 spiro atoms. The molecule has 0 saturated carbocycles. The van der Waals surface area contributed by atoms with E-state index >= 15 is 0 Å². The summed E-state index contributed by atoms with van der Waals surface area (Å²) in [7, 11) is 0. The Morgan fingerprint density at radius 1 is 1.45 bits per heavy atom. The molecular formula is C13H19N3O3S. The van der Waals surface area contributed by atoms with Crippen LogP contribution in [0.5, 0.6) is 0 Å². The molecule has 20 heavy (non-hydrogen) atoms. The SMILES string of the molecule is CCCNC(=O)CCNc1nc2c(s1)CCC2C(=O)O. The fourth-order valence-electron chi connectivity index (χ4n) is 2.18. The third kappa shape index (κ3) is 3.47. The first-order chi connectivity index (χ1) is 9.61. The van der Waals surface area contributed by atoms with Crippen LogP contribution in [0.3, 0.4) is 0 Å². The smallest absolute Gasteiger partial charge is 0.312 e. The predicted molar refractivity (Wildman–Crippen MR) is 77.2 cm³/mol. The highest BCUT2D eigenvalue weighted by Gasteiger charge is 2.32. The molecule has 6 nitrogen and oxygen atoms in total. The molecule has 1 unspecified atom stereocenters. The van der Waals surface area contributed by atoms with E-state index in [1.54, 1.807) is 0 Å². The van der Waals surface area contributed by atoms with Crippen molar-refractivity contribution in [2.75, 3.05) is 18.4 Å². The van der Waals surface area contributed by atoms with Gasteiger partial charge >= 0.3 is 5.97 Å². The summed E-state index contributed by atoms with van der Waals surface area (Å²) in [4.78, 5) is 27.9. The average Bonchev–Trinajstić information content (AvgIpc) is 2.95. The van der Waals surface area contributed by atoms with E-state index in [0.717, 1.165) is 17.7 Å². The first kappa shape index (κ1) is 14.8. The molecule has 2 rings (SSSR count). The zero-order chi connectivity index (χ0) is 14.5. The summed E-state index contributed by atoms with van der Waals surface area (Å²) < 4.78 is 0. The zero-order valence-corrected chi connectivity index (χ0v) is 12.3. The fraction of sp³-hybridized carbons (Fsp3) is 0.615. The number of aryl methyl sites for hydroxylation is 1. The highest BCUT2D eigenvalue weighted by atomic mass is 32.1. The van der Waals surface area contributed by atoms with E-state index in [1.165, 1.54) is 11.3 Å². The maximum atomic E-state index is 11.4. The average molecular weight is 297 g/mol. The lowest BCUT2D eigenvalue weighted by atomic mass is 10.1. The highest BCUT2D eigenvalue weighted by molar-refractivity contribution is 7.15. The van der Waals surface area contributed by atoms with Crippen molar-refractivity contribution in [3.63, 3.8) is 0 Å². The molecule has 1 aliphatic rings. The van der Waals surface area contributed by atoms with Crippen molar-refractivity contribution in [2.24, 2.45) is 0 Å². The summed E-state index contributed by atoms with van der Waals surface area (Å²) in [5.74, 6) is -1.25. The van der Waals surface area contributed by atoms with Crippen LogP contribution in [0.1, 0.15) is 42.7 Å². The summed E-state index contributed by atoms with van der Waals surface area (Å²) >= 11 is 1.50. The van der Waals surface area contributed by atoms with E-state index in [-0.39, 0.29) is 5.91 Å². The van der Waals surface area contributed by atoms with Gasteiger partial charge in [0.25, 0.3) is 0 Å². The predicted octanol–water partition coefficient (Wildman–Crippen LogP) is 1.59. The van der Waals surface area contributed by atoms with Crippen molar-refractivity contribution in [1.82, 2.24) is 10.3 Å². The summed E-state index contributed by atoms with van der Waals surface area (Å²) in [5.41, 5.74) is 0.695. The van der Waals surface area contributed by atoms with E-state index in [1.807, 2.05) is 6.92 Å². The van der Waals surface area contributed by atoms with Crippen LogP contribution in [0, 0.1) is 0 Å². The Hall–Kier alpha value is -1.63. The number of hydrogen-bond acceptors (Lipinski definition) is 5. The summed E-state index contributed by atoms with van der Waals surface area (Å²) in [6.07, 6.45) is 2.74. The van der Waals surface area contributed by atoms with E-state index in [0.29, 0.717) is 36.8 Å². The van der Waals surface area contributed by atoms with Gasteiger partial charge in [0, 0.05) is 24.4 Å². The molecule has 7 heteroatoms. The van der Waals surface area contributed by atoms with Gasteiger partial charge in [0.15, 0.2) is 5.13 Å². The van der Waals surface area contributed by atoms with Gasteiger partial charge in [-0.3, -0.25) is 9.59 Å². The Labute approximate surface area is 121 Å². The Balaban J connectivity index is 1.82. The Morgan fingerprint density at radius 3 is 2.95 bits per heavy atom. The van der Waals surface area contributed by atoms with Crippen LogP contribution in [-0.2, 0) is 16.0 Å². The lowest BCUT2D eigenvalue weighted by Crippen LogP contribution is -2.25. The molecule has 1 aromatic rings. The van der Waals surface area contributed by atoms with Crippen molar-refractivity contribution < 1.29 is 14.7 Å². The summed E-state index contributed by atoms with van der Waals surface area (Å²) in [5, 5.41) is 15.7. The van der Waals surface area contributed by atoms with E-state index < -0.39 is 11.9 Å². The van der Waals surface area contributed by atoms with Gasteiger partial charge < -0.3 is 15.7 Å². The fourth-order valence-corrected chi connectivity index (χ4v) is 3.24. The monoisotopic (exact) mass is 297 g/mol. The molecular weight excluding hydrogens is 278 g/mol. The molecule has 0 aliphatic heterocycles. The molecule has 0 radical (unpaired) electrons. The molecule has 1 atom stereocenters. The number of nitrogens with zero attached hydrogens (tertiary/aromatic N) is 1. The first-order valence-electron chi connectivity index (χ1n) is 6.84. The second-order valence-corrected chi connectivity index (χ2v) is 5.87. The molecule has 1 amide bonds. The minimum Gasteiger partial charge on any atom is -0.481 e. The van der Waals surface area contributed by atoms with Gasteiger partial charge in [-0.25, -0.2) is 4.98 Å². The van der Waals surface area contributed by atoms with Crippen LogP contribution < -0.4 is 10.6 Å². The number of thiazole rings is 1.